The van der Waals surface area contributed by atoms with E-state index < -0.39 is 0 Å². The Balaban J connectivity index is 1.41. The Bertz CT molecular complexity index is 1150. The number of nitrogens with one attached hydrogen (secondary N) is 2. The van der Waals surface area contributed by atoms with Crippen molar-refractivity contribution in [2.75, 3.05) is 18.8 Å². The molecule has 2 fully saturated rings. The van der Waals surface area contributed by atoms with Crippen LogP contribution in [0.15, 0.2) is 59.6 Å². The highest BCUT2D eigenvalue weighted by Crippen LogP contribution is 2.48. The standard InChI is InChI=1S/C25H26N4O/c1-16-11-18(13-28-19-14-27-15-19)23(26)12-21(16)24(30)29-25(9-10-25)22-8-4-6-17-5-2-3-7-20(17)22/h2-8,11-13,19,27H,9-10,14-15,26H2,1H3,(H,29,30). The lowest BCUT2D eigenvalue weighted by atomic mass is 9.96. The SMILES string of the molecule is Cc1cc(C=NC2CNC2)c(N)cc1C(=O)NC1(c2cccc3ccccc23)CC1. The van der Waals surface area contributed by atoms with Gasteiger partial charge in [-0.3, -0.25) is 9.79 Å². The third-order valence-corrected chi connectivity index (χ3v) is 6.27. The molecule has 1 aliphatic heterocycles. The molecule has 1 saturated heterocycles. The quantitative estimate of drug-likeness (QED) is 0.454. The Labute approximate surface area is 176 Å². The van der Waals surface area contributed by atoms with Crippen molar-refractivity contribution < 1.29 is 4.79 Å². The minimum Gasteiger partial charge on any atom is -0.398 e. The number of nitrogens with two attached hydrogens (primary N) is 1. The Morgan fingerprint density at radius 1 is 1.17 bits per heavy atom. The van der Waals surface area contributed by atoms with E-state index in [2.05, 4.69) is 52.0 Å². The molecule has 5 rings (SSSR count). The van der Waals surface area contributed by atoms with E-state index in [-0.39, 0.29) is 11.4 Å². The van der Waals surface area contributed by atoms with Crippen LogP contribution in [0.4, 0.5) is 5.69 Å². The molecule has 5 heteroatoms. The molecule has 1 saturated carbocycles. The first-order valence-corrected chi connectivity index (χ1v) is 10.5. The van der Waals surface area contributed by atoms with Crippen molar-refractivity contribution in [1.29, 1.82) is 0 Å². The number of amides is 1. The Morgan fingerprint density at radius 3 is 2.67 bits per heavy atom. The number of nitrogen functional groups attached to an aromatic ring is 1. The van der Waals surface area contributed by atoms with E-state index in [4.69, 9.17) is 5.73 Å². The smallest absolute Gasteiger partial charge is 0.252 e. The fourth-order valence-corrected chi connectivity index (χ4v) is 4.18. The lowest BCUT2D eigenvalue weighted by Crippen LogP contribution is -2.45. The predicted octanol–water partition coefficient (Wildman–Crippen LogP) is 3.54. The molecule has 4 N–H and O–H groups in total. The number of fused-ring (bicyclic) bond motifs is 1. The average Bonchev–Trinajstić information content (AvgIpc) is 3.49. The summed E-state index contributed by atoms with van der Waals surface area (Å²) in [6, 6.07) is 18.7. The molecule has 2 aliphatic rings. The van der Waals surface area contributed by atoms with Crippen LogP contribution in [0.2, 0.25) is 0 Å². The molecule has 3 aromatic rings. The van der Waals surface area contributed by atoms with Crippen LogP contribution >= 0.6 is 0 Å². The molecule has 0 radical (unpaired) electrons. The summed E-state index contributed by atoms with van der Waals surface area (Å²) < 4.78 is 0. The number of benzene rings is 3. The Kier molecular flexibility index (Phi) is 4.55. The van der Waals surface area contributed by atoms with E-state index in [9.17, 15) is 4.79 Å². The molecule has 0 spiro atoms. The number of rotatable bonds is 5. The molecule has 5 nitrogen and oxygen atoms in total. The van der Waals surface area contributed by atoms with Crippen molar-refractivity contribution >= 4 is 28.6 Å². The summed E-state index contributed by atoms with van der Waals surface area (Å²) in [4.78, 5) is 17.8. The second-order valence-corrected chi connectivity index (χ2v) is 8.45. The molecule has 0 unspecified atom stereocenters. The fourth-order valence-electron chi connectivity index (χ4n) is 4.18. The highest BCUT2D eigenvalue weighted by atomic mass is 16.1. The molecule has 30 heavy (non-hydrogen) atoms. The number of carbonyl (C=O) groups excluding carboxylic acids is 1. The van der Waals surface area contributed by atoms with Gasteiger partial charge in [-0.15, -0.1) is 0 Å². The first kappa shape index (κ1) is 18.8. The highest BCUT2D eigenvalue weighted by Gasteiger charge is 2.46. The van der Waals surface area contributed by atoms with Gasteiger partial charge >= 0.3 is 0 Å². The third-order valence-electron chi connectivity index (χ3n) is 6.27. The Morgan fingerprint density at radius 2 is 1.93 bits per heavy atom. The van der Waals surface area contributed by atoms with E-state index in [0.29, 0.717) is 17.3 Å². The van der Waals surface area contributed by atoms with Crippen molar-refractivity contribution in [3.8, 4) is 0 Å². The van der Waals surface area contributed by atoms with Crippen LogP contribution in [0.25, 0.3) is 10.8 Å². The Hall–Kier alpha value is -3.18. The second-order valence-electron chi connectivity index (χ2n) is 8.45. The van der Waals surface area contributed by atoms with Gasteiger partial charge in [0.25, 0.3) is 5.91 Å². The molecule has 1 amide bonds. The summed E-state index contributed by atoms with van der Waals surface area (Å²) in [5, 5.41) is 8.91. The van der Waals surface area contributed by atoms with E-state index >= 15 is 0 Å². The maximum atomic E-state index is 13.2. The van der Waals surface area contributed by atoms with E-state index in [1.165, 1.54) is 16.3 Å². The number of nitrogens with zero attached hydrogens (tertiary/aromatic N) is 1. The van der Waals surface area contributed by atoms with Crippen molar-refractivity contribution in [3.05, 3.63) is 76.9 Å². The first-order chi connectivity index (χ1) is 14.6. The van der Waals surface area contributed by atoms with Gasteiger partial charge in [0.05, 0.1) is 11.6 Å². The fraction of sp³-hybridized carbons (Fsp3) is 0.280. The molecule has 0 bridgehead atoms. The minimum absolute atomic E-state index is 0.0729. The average molecular weight is 399 g/mol. The largest absolute Gasteiger partial charge is 0.398 e. The molecular weight excluding hydrogens is 372 g/mol. The van der Waals surface area contributed by atoms with Crippen molar-refractivity contribution in [2.45, 2.75) is 31.3 Å². The second kappa shape index (κ2) is 7.26. The number of aryl methyl sites for hydroxylation is 1. The number of hydrogen-bond acceptors (Lipinski definition) is 4. The van der Waals surface area contributed by atoms with Gasteiger partial charge in [0.2, 0.25) is 0 Å². The number of carbonyl (C=O) groups is 1. The van der Waals surface area contributed by atoms with E-state index in [0.717, 1.165) is 37.1 Å². The summed E-state index contributed by atoms with van der Waals surface area (Å²) in [6.07, 6.45) is 3.72. The van der Waals surface area contributed by atoms with E-state index in [1.807, 2.05) is 25.3 Å². The van der Waals surface area contributed by atoms with Gasteiger partial charge in [-0.25, -0.2) is 0 Å². The number of anilines is 1. The van der Waals surface area contributed by atoms with Gasteiger partial charge < -0.3 is 16.4 Å². The molecule has 152 valence electrons. The van der Waals surface area contributed by atoms with Crippen LogP contribution in [0.1, 0.15) is 39.9 Å². The van der Waals surface area contributed by atoms with Crippen LogP contribution in [0.3, 0.4) is 0 Å². The molecule has 0 aromatic heterocycles. The number of hydrogen-bond donors (Lipinski definition) is 3. The molecular formula is C25H26N4O. The molecule has 1 heterocycles. The monoisotopic (exact) mass is 398 g/mol. The third kappa shape index (κ3) is 3.35. The van der Waals surface area contributed by atoms with Gasteiger partial charge in [0, 0.05) is 36.1 Å². The molecule has 3 aromatic carbocycles. The normalized spacial score (nSPS) is 17.8. The molecule has 1 aliphatic carbocycles. The number of aliphatic imine (C=N–C) groups is 1. The molecule has 0 atom stereocenters. The summed E-state index contributed by atoms with van der Waals surface area (Å²) >= 11 is 0. The summed E-state index contributed by atoms with van der Waals surface area (Å²) in [5.74, 6) is -0.0729. The van der Waals surface area contributed by atoms with Crippen molar-refractivity contribution in [2.24, 2.45) is 4.99 Å². The first-order valence-electron chi connectivity index (χ1n) is 10.5. The summed E-state index contributed by atoms with van der Waals surface area (Å²) in [7, 11) is 0. The maximum absolute atomic E-state index is 13.2. The van der Waals surface area contributed by atoms with Crippen LogP contribution in [-0.4, -0.2) is 31.3 Å². The van der Waals surface area contributed by atoms with Crippen LogP contribution in [-0.2, 0) is 5.54 Å². The lowest BCUT2D eigenvalue weighted by molar-refractivity contribution is 0.0930. The zero-order chi connectivity index (χ0) is 20.7. The van der Waals surface area contributed by atoms with Crippen molar-refractivity contribution in [1.82, 2.24) is 10.6 Å². The minimum atomic E-state index is -0.295. The predicted molar refractivity (Wildman–Crippen MR) is 122 cm³/mol. The van der Waals surface area contributed by atoms with E-state index in [1.54, 1.807) is 6.07 Å². The van der Waals surface area contributed by atoms with Gasteiger partial charge in [-0.05, 0) is 53.8 Å². The van der Waals surface area contributed by atoms with Gasteiger partial charge in [-0.2, -0.15) is 0 Å². The van der Waals surface area contributed by atoms with Gasteiger partial charge in [0.15, 0.2) is 0 Å². The maximum Gasteiger partial charge on any atom is 0.252 e. The van der Waals surface area contributed by atoms with Crippen LogP contribution < -0.4 is 16.4 Å². The topological polar surface area (TPSA) is 79.5 Å². The van der Waals surface area contributed by atoms with Crippen molar-refractivity contribution in [3.63, 3.8) is 0 Å². The zero-order valence-electron chi connectivity index (χ0n) is 17.1. The van der Waals surface area contributed by atoms with Gasteiger partial charge in [0.1, 0.15) is 0 Å². The summed E-state index contributed by atoms with van der Waals surface area (Å²) in [5.41, 5.74) is 10.1. The summed E-state index contributed by atoms with van der Waals surface area (Å²) in [6.45, 7) is 3.77. The van der Waals surface area contributed by atoms with Crippen LogP contribution in [0, 0.1) is 6.92 Å². The zero-order valence-corrected chi connectivity index (χ0v) is 17.1. The van der Waals surface area contributed by atoms with Gasteiger partial charge in [-0.1, -0.05) is 42.5 Å². The highest BCUT2D eigenvalue weighted by molar-refractivity contribution is 6.00. The van der Waals surface area contributed by atoms with Crippen LogP contribution in [0.5, 0.6) is 0 Å². The lowest BCUT2D eigenvalue weighted by Gasteiger charge is -2.23.